The molecule has 0 amide bonds. The molecule has 5 nitrogen and oxygen atoms in total. The molecular weight excluding hydrogens is 369 g/mol. The Labute approximate surface area is 154 Å². The lowest BCUT2D eigenvalue weighted by Crippen LogP contribution is -2.06. The van der Waals surface area contributed by atoms with Gasteiger partial charge in [0.15, 0.2) is 5.82 Å². The van der Waals surface area contributed by atoms with Gasteiger partial charge in [-0.3, -0.25) is 0 Å². The maximum absolute atomic E-state index is 6.14. The fraction of sp³-hybridized carbons (Fsp3) is 0.0625. The van der Waals surface area contributed by atoms with Crippen LogP contribution < -0.4 is 10.6 Å². The van der Waals surface area contributed by atoms with Crippen LogP contribution in [0.5, 0.6) is 0 Å². The summed E-state index contributed by atoms with van der Waals surface area (Å²) in [6.45, 7) is 0.493. The predicted molar refractivity (Wildman–Crippen MR) is 98.4 cm³/mol. The third-order valence-electron chi connectivity index (χ3n) is 3.15. The van der Waals surface area contributed by atoms with E-state index in [2.05, 4.69) is 25.8 Å². The number of nitrogens with one attached hydrogen (secondary N) is 2. The minimum absolute atomic E-state index is 0.380. The van der Waals surface area contributed by atoms with Crippen molar-refractivity contribution < 1.29 is 0 Å². The van der Waals surface area contributed by atoms with Crippen molar-refractivity contribution in [3.05, 3.63) is 69.3 Å². The van der Waals surface area contributed by atoms with Crippen molar-refractivity contribution in [3.63, 3.8) is 0 Å². The summed E-state index contributed by atoms with van der Waals surface area (Å²) in [5.74, 6) is 0.890. The van der Waals surface area contributed by atoms with Crippen LogP contribution in [0, 0.1) is 0 Å². The van der Waals surface area contributed by atoms with Crippen molar-refractivity contribution in [3.8, 4) is 0 Å². The van der Waals surface area contributed by atoms with Crippen LogP contribution in [0.4, 0.5) is 17.5 Å². The molecule has 3 aromatic rings. The average Bonchev–Trinajstić information content (AvgIpc) is 2.57. The molecular formula is C16H12Cl3N5. The van der Waals surface area contributed by atoms with Gasteiger partial charge in [0.05, 0.1) is 16.9 Å². The first-order valence-corrected chi connectivity index (χ1v) is 8.14. The highest BCUT2D eigenvalue weighted by molar-refractivity contribution is 6.36. The van der Waals surface area contributed by atoms with Crippen LogP contribution in [0.25, 0.3) is 0 Å². The smallest absolute Gasteiger partial charge is 0.244 e. The van der Waals surface area contributed by atoms with E-state index in [4.69, 9.17) is 34.8 Å². The highest BCUT2D eigenvalue weighted by atomic mass is 35.5. The fourth-order valence-electron chi connectivity index (χ4n) is 1.98. The van der Waals surface area contributed by atoms with Gasteiger partial charge in [-0.25, -0.2) is 0 Å². The number of rotatable bonds is 5. The number of halogens is 3. The topological polar surface area (TPSA) is 62.7 Å². The minimum Gasteiger partial charge on any atom is -0.349 e. The Kier molecular flexibility index (Phi) is 5.35. The van der Waals surface area contributed by atoms with Gasteiger partial charge in [-0.1, -0.05) is 53.0 Å². The molecule has 2 aromatic carbocycles. The van der Waals surface area contributed by atoms with Gasteiger partial charge in [0.2, 0.25) is 5.95 Å². The van der Waals surface area contributed by atoms with Crippen molar-refractivity contribution in [2.75, 3.05) is 10.6 Å². The molecule has 0 aliphatic heterocycles. The number of hydrogen-bond acceptors (Lipinski definition) is 5. The summed E-state index contributed by atoms with van der Waals surface area (Å²) >= 11 is 18.1. The Bertz CT molecular complexity index is 857. The van der Waals surface area contributed by atoms with Crippen LogP contribution >= 0.6 is 34.8 Å². The van der Waals surface area contributed by atoms with E-state index in [-0.39, 0.29) is 0 Å². The van der Waals surface area contributed by atoms with Gasteiger partial charge in [-0.15, -0.1) is 5.10 Å². The number of nitrogens with zero attached hydrogens (tertiary/aromatic N) is 3. The molecule has 122 valence electrons. The standard InChI is InChI=1S/C16H12Cl3N5/c17-11-5-6-14(13(19)7-11)22-15-9-21-24-16(23-15)20-8-10-3-1-2-4-12(10)18/h1-7,9H,8H2,(H2,20,22,23,24). The summed E-state index contributed by atoms with van der Waals surface area (Å²) in [7, 11) is 0. The molecule has 8 heteroatoms. The maximum Gasteiger partial charge on any atom is 0.244 e. The lowest BCUT2D eigenvalue weighted by molar-refractivity contribution is 0.949. The summed E-state index contributed by atoms with van der Waals surface area (Å²) in [5, 5.41) is 15.8. The molecule has 0 bridgehead atoms. The number of benzene rings is 2. The first-order valence-electron chi connectivity index (χ1n) is 7.01. The Hall–Kier alpha value is -2.08. The van der Waals surface area contributed by atoms with Crippen LogP contribution in [0.1, 0.15) is 5.56 Å². The molecule has 0 fully saturated rings. The van der Waals surface area contributed by atoms with Crippen molar-refractivity contribution >= 4 is 52.3 Å². The van der Waals surface area contributed by atoms with Gasteiger partial charge in [0.1, 0.15) is 0 Å². The lowest BCUT2D eigenvalue weighted by Gasteiger charge is -2.09. The number of anilines is 3. The molecule has 2 N–H and O–H groups in total. The van der Waals surface area contributed by atoms with Gasteiger partial charge in [-0.05, 0) is 29.8 Å². The van der Waals surface area contributed by atoms with E-state index in [1.807, 2.05) is 24.3 Å². The van der Waals surface area contributed by atoms with Crippen molar-refractivity contribution in [2.45, 2.75) is 6.54 Å². The summed E-state index contributed by atoms with van der Waals surface area (Å²) in [5.41, 5.74) is 1.63. The second kappa shape index (κ2) is 7.66. The molecule has 0 radical (unpaired) electrons. The van der Waals surface area contributed by atoms with Gasteiger partial charge in [0, 0.05) is 16.6 Å². The Morgan fingerprint density at radius 1 is 0.958 bits per heavy atom. The second-order valence-electron chi connectivity index (χ2n) is 4.86. The van der Waals surface area contributed by atoms with Crippen LogP contribution in [-0.4, -0.2) is 15.2 Å². The zero-order chi connectivity index (χ0) is 16.9. The molecule has 0 saturated heterocycles. The van der Waals surface area contributed by atoms with E-state index in [1.165, 1.54) is 6.20 Å². The predicted octanol–water partition coefficient (Wildman–Crippen LogP) is 5.19. The number of aromatic nitrogens is 3. The Morgan fingerprint density at radius 3 is 2.58 bits per heavy atom. The summed E-state index contributed by atoms with van der Waals surface area (Å²) in [6, 6.07) is 12.7. The van der Waals surface area contributed by atoms with Crippen molar-refractivity contribution in [1.82, 2.24) is 15.2 Å². The molecule has 0 atom stereocenters. The van der Waals surface area contributed by atoms with Gasteiger partial charge in [-0.2, -0.15) is 10.1 Å². The first kappa shape index (κ1) is 16.8. The molecule has 0 spiro atoms. The van der Waals surface area contributed by atoms with Crippen molar-refractivity contribution in [2.24, 2.45) is 0 Å². The largest absolute Gasteiger partial charge is 0.349 e. The van der Waals surface area contributed by atoms with Crippen LogP contribution in [0.2, 0.25) is 15.1 Å². The van der Waals surface area contributed by atoms with E-state index in [0.29, 0.717) is 39.1 Å². The highest BCUT2D eigenvalue weighted by Gasteiger charge is 2.06. The molecule has 0 aliphatic rings. The Balaban J connectivity index is 1.71. The third-order valence-corrected chi connectivity index (χ3v) is 4.06. The maximum atomic E-state index is 6.14. The van der Waals surface area contributed by atoms with Crippen LogP contribution in [-0.2, 0) is 6.54 Å². The number of hydrogen-bond donors (Lipinski definition) is 2. The van der Waals surface area contributed by atoms with E-state index in [9.17, 15) is 0 Å². The minimum atomic E-state index is 0.380. The molecule has 1 aromatic heterocycles. The first-order chi connectivity index (χ1) is 11.6. The lowest BCUT2D eigenvalue weighted by atomic mass is 10.2. The second-order valence-corrected chi connectivity index (χ2v) is 6.11. The van der Waals surface area contributed by atoms with E-state index >= 15 is 0 Å². The molecule has 1 heterocycles. The average molecular weight is 381 g/mol. The van der Waals surface area contributed by atoms with Gasteiger partial charge >= 0.3 is 0 Å². The monoisotopic (exact) mass is 379 g/mol. The normalized spacial score (nSPS) is 10.5. The SMILES string of the molecule is Clc1ccc(Nc2cnnc(NCc3ccccc3Cl)n2)c(Cl)c1. The van der Waals surface area contributed by atoms with E-state index in [1.54, 1.807) is 18.2 Å². The van der Waals surface area contributed by atoms with E-state index < -0.39 is 0 Å². The third kappa shape index (κ3) is 4.26. The molecule has 3 rings (SSSR count). The molecule has 0 unspecified atom stereocenters. The molecule has 0 saturated carbocycles. The molecule has 24 heavy (non-hydrogen) atoms. The molecule has 0 aliphatic carbocycles. The van der Waals surface area contributed by atoms with Crippen molar-refractivity contribution in [1.29, 1.82) is 0 Å². The highest BCUT2D eigenvalue weighted by Crippen LogP contribution is 2.27. The van der Waals surface area contributed by atoms with Crippen LogP contribution in [0.3, 0.4) is 0 Å². The summed E-state index contributed by atoms with van der Waals surface area (Å²) in [6.07, 6.45) is 1.51. The quantitative estimate of drug-likeness (QED) is 0.638. The zero-order valence-corrected chi connectivity index (χ0v) is 14.6. The Morgan fingerprint density at radius 2 is 1.79 bits per heavy atom. The fourth-order valence-corrected chi connectivity index (χ4v) is 2.64. The zero-order valence-electron chi connectivity index (χ0n) is 12.3. The van der Waals surface area contributed by atoms with Gasteiger partial charge < -0.3 is 10.6 Å². The van der Waals surface area contributed by atoms with Crippen LogP contribution in [0.15, 0.2) is 48.7 Å². The summed E-state index contributed by atoms with van der Waals surface area (Å²) in [4.78, 5) is 4.35. The van der Waals surface area contributed by atoms with E-state index in [0.717, 1.165) is 5.56 Å². The van der Waals surface area contributed by atoms with Gasteiger partial charge in [0.25, 0.3) is 0 Å². The summed E-state index contributed by atoms with van der Waals surface area (Å²) < 4.78 is 0.